The van der Waals surface area contributed by atoms with Gasteiger partial charge >= 0.3 is 0 Å². The second-order valence-corrected chi connectivity index (χ2v) is 6.75. The summed E-state index contributed by atoms with van der Waals surface area (Å²) < 4.78 is 8.22. The monoisotopic (exact) mass is 357 g/mol. The van der Waals surface area contributed by atoms with Crippen molar-refractivity contribution in [1.82, 2.24) is 9.55 Å². The molecule has 0 fully saturated rings. The number of nitrogens with zero attached hydrogens (tertiary/aromatic N) is 2. The van der Waals surface area contributed by atoms with Gasteiger partial charge in [-0.25, -0.2) is 4.98 Å². The quantitative estimate of drug-likeness (QED) is 0.513. The average molecular weight is 357 g/mol. The van der Waals surface area contributed by atoms with Crippen LogP contribution in [0.2, 0.25) is 0 Å². The Bertz CT molecular complexity index is 1050. The Hall–Kier alpha value is -3.27. The topological polar surface area (TPSA) is 53.1 Å². The van der Waals surface area contributed by atoms with E-state index < -0.39 is 0 Å². The number of anilines is 1. The van der Waals surface area contributed by atoms with Gasteiger partial charge in [-0.05, 0) is 54.4 Å². The molecule has 4 nitrogen and oxygen atoms in total. The molecular weight excluding hydrogens is 334 g/mol. The van der Waals surface area contributed by atoms with E-state index in [1.54, 1.807) is 0 Å². The molecule has 0 saturated carbocycles. The molecule has 0 unspecified atom stereocenters. The minimum atomic E-state index is 0.596. The minimum absolute atomic E-state index is 0.596. The summed E-state index contributed by atoms with van der Waals surface area (Å²) in [6.07, 6.45) is 0.763. The average Bonchev–Trinajstić information content (AvgIpc) is 3.01. The number of imidazole rings is 1. The Morgan fingerprint density at radius 2 is 1.78 bits per heavy atom. The van der Waals surface area contributed by atoms with Crippen molar-refractivity contribution in [3.8, 4) is 5.75 Å². The molecule has 3 aromatic carbocycles. The molecule has 0 amide bonds. The van der Waals surface area contributed by atoms with Gasteiger partial charge in [0.1, 0.15) is 18.2 Å². The van der Waals surface area contributed by atoms with Crippen molar-refractivity contribution >= 4 is 16.7 Å². The zero-order valence-corrected chi connectivity index (χ0v) is 15.4. The van der Waals surface area contributed by atoms with Crippen molar-refractivity contribution in [2.75, 3.05) is 12.3 Å². The summed E-state index contributed by atoms with van der Waals surface area (Å²) in [5, 5.41) is 0. The third-order valence-corrected chi connectivity index (χ3v) is 4.65. The van der Waals surface area contributed by atoms with E-state index in [2.05, 4.69) is 54.0 Å². The van der Waals surface area contributed by atoms with Crippen LogP contribution in [-0.4, -0.2) is 16.2 Å². The standard InChI is InChI=1S/C23H23N3O/c1-17-5-4-6-20(15-17)27-14-13-26-22-8-3-2-7-21(22)25-23(26)16-18-9-11-19(24)12-10-18/h2-12,15H,13-14,16,24H2,1H3. The van der Waals surface area contributed by atoms with Crippen LogP contribution >= 0.6 is 0 Å². The van der Waals surface area contributed by atoms with E-state index in [0.717, 1.165) is 41.3 Å². The fraction of sp³-hybridized carbons (Fsp3) is 0.174. The van der Waals surface area contributed by atoms with Crippen LogP contribution in [0.1, 0.15) is 17.0 Å². The van der Waals surface area contributed by atoms with Crippen molar-refractivity contribution in [3.05, 3.63) is 89.7 Å². The second-order valence-electron chi connectivity index (χ2n) is 6.75. The summed E-state index contributed by atoms with van der Waals surface area (Å²) in [6.45, 7) is 3.41. The molecule has 0 radical (unpaired) electrons. The van der Waals surface area contributed by atoms with Crippen LogP contribution in [0.25, 0.3) is 11.0 Å². The van der Waals surface area contributed by atoms with Crippen LogP contribution in [0.4, 0.5) is 5.69 Å². The molecule has 2 N–H and O–H groups in total. The first-order valence-electron chi connectivity index (χ1n) is 9.17. The number of fused-ring (bicyclic) bond motifs is 1. The van der Waals surface area contributed by atoms with Crippen molar-refractivity contribution in [2.45, 2.75) is 19.9 Å². The number of aromatic nitrogens is 2. The smallest absolute Gasteiger partial charge is 0.119 e. The highest BCUT2D eigenvalue weighted by Crippen LogP contribution is 2.20. The Balaban J connectivity index is 1.57. The first-order valence-corrected chi connectivity index (χ1v) is 9.17. The molecule has 0 saturated heterocycles. The summed E-state index contributed by atoms with van der Waals surface area (Å²) in [5.41, 5.74) is 11.1. The summed E-state index contributed by atoms with van der Waals surface area (Å²) in [5.74, 6) is 1.94. The highest BCUT2D eigenvalue weighted by molar-refractivity contribution is 5.76. The second kappa shape index (κ2) is 7.54. The molecule has 4 rings (SSSR count). The van der Waals surface area contributed by atoms with Gasteiger partial charge in [0.2, 0.25) is 0 Å². The minimum Gasteiger partial charge on any atom is -0.492 e. The molecule has 0 atom stereocenters. The first-order chi connectivity index (χ1) is 13.2. The number of rotatable bonds is 6. The normalized spacial score (nSPS) is 11.0. The van der Waals surface area contributed by atoms with Gasteiger partial charge in [-0.2, -0.15) is 0 Å². The van der Waals surface area contributed by atoms with Crippen LogP contribution in [-0.2, 0) is 13.0 Å². The number of nitrogen functional groups attached to an aromatic ring is 1. The van der Waals surface area contributed by atoms with E-state index in [1.807, 2.05) is 30.3 Å². The maximum atomic E-state index is 5.96. The summed E-state index contributed by atoms with van der Waals surface area (Å²) in [7, 11) is 0. The Morgan fingerprint density at radius 1 is 0.963 bits per heavy atom. The van der Waals surface area contributed by atoms with Crippen LogP contribution in [0.5, 0.6) is 5.75 Å². The maximum Gasteiger partial charge on any atom is 0.119 e. The fourth-order valence-electron chi connectivity index (χ4n) is 3.29. The van der Waals surface area contributed by atoms with Crippen molar-refractivity contribution in [3.63, 3.8) is 0 Å². The van der Waals surface area contributed by atoms with Crippen molar-refractivity contribution in [2.24, 2.45) is 0 Å². The van der Waals surface area contributed by atoms with Gasteiger partial charge in [-0.3, -0.25) is 0 Å². The van der Waals surface area contributed by atoms with Gasteiger partial charge in [0.05, 0.1) is 17.6 Å². The third-order valence-electron chi connectivity index (χ3n) is 4.65. The lowest BCUT2D eigenvalue weighted by molar-refractivity contribution is 0.298. The van der Waals surface area contributed by atoms with Crippen LogP contribution in [0, 0.1) is 6.92 Å². The Labute approximate surface area is 159 Å². The molecule has 0 aliphatic rings. The molecule has 1 heterocycles. The van der Waals surface area contributed by atoms with Crippen LogP contribution in [0.3, 0.4) is 0 Å². The summed E-state index contributed by atoms with van der Waals surface area (Å²) >= 11 is 0. The van der Waals surface area contributed by atoms with E-state index in [9.17, 15) is 0 Å². The molecule has 0 bridgehead atoms. The van der Waals surface area contributed by atoms with E-state index in [0.29, 0.717) is 6.61 Å². The molecule has 0 aliphatic carbocycles. The van der Waals surface area contributed by atoms with Crippen LogP contribution in [0.15, 0.2) is 72.8 Å². The molecule has 136 valence electrons. The molecular formula is C23H23N3O. The number of hydrogen-bond donors (Lipinski definition) is 1. The molecule has 0 spiro atoms. The van der Waals surface area contributed by atoms with E-state index in [1.165, 1.54) is 11.1 Å². The van der Waals surface area contributed by atoms with Crippen molar-refractivity contribution < 1.29 is 4.74 Å². The van der Waals surface area contributed by atoms with E-state index >= 15 is 0 Å². The number of para-hydroxylation sites is 2. The molecule has 4 aromatic rings. The Morgan fingerprint density at radius 3 is 2.59 bits per heavy atom. The van der Waals surface area contributed by atoms with Gasteiger partial charge < -0.3 is 15.0 Å². The van der Waals surface area contributed by atoms with Gasteiger partial charge in [0.25, 0.3) is 0 Å². The largest absolute Gasteiger partial charge is 0.492 e. The number of ether oxygens (including phenoxy) is 1. The van der Waals surface area contributed by atoms with Gasteiger partial charge in [0.15, 0.2) is 0 Å². The van der Waals surface area contributed by atoms with Crippen LogP contribution < -0.4 is 10.5 Å². The highest BCUT2D eigenvalue weighted by atomic mass is 16.5. The summed E-state index contributed by atoms with van der Waals surface area (Å²) in [4.78, 5) is 4.85. The molecule has 4 heteroatoms. The summed E-state index contributed by atoms with van der Waals surface area (Å²) in [6, 6.07) is 24.4. The third kappa shape index (κ3) is 3.95. The van der Waals surface area contributed by atoms with Crippen molar-refractivity contribution in [1.29, 1.82) is 0 Å². The lowest BCUT2D eigenvalue weighted by Gasteiger charge is -2.11. The van der Waals surface area contributed by atoms with Gasteiger partial charge in [-0.15, -0.1) is 0 Å². The number of hydrogen-bond acceptors (Lipinski definition) is 3. The predicted molar refractivity (Wildman–Crippen MR) is 110 cm³/mol. The lowest BCUT2D eigenvalue weighted by Crippen LogP contribution is -2.11. The fourth-order valence-corrected chi connectivity index (χ4v) is 3.29. The zero-order chi connectivity index (χ0) is 18.6. The highest BCUT2D eigenvalue weighted by Gasteiger charge is 2.11. The zero-order valence-electron chi connectivity index (χ0n) is 15.4. The molecule has 27 heavy (non-hydrogen) atoms. The number of nitrogens with two attached hydrogens (primary N) is 1. The first kappa shape index (κ1) is 17.2. The maximum absolute atomic E-state index is 5.96. The van der Waals surface area contributed by atoms with Gasteiger partial charge in [-0.1, -0.05) is 36.4 Å². The van der Waals surface area contributed by atoms with E-state index in [-0.39, 0.29) is 0 Å². The predicted octanol–water partition coefficient (Wildman–Crippen LogP) is 4.60. The molecule has 1 aromatic heterocycles. The van der Waals surface area contributed by atoms with E-state index in [4.69, 9.17) is 15.5 Å². The Kier molecular flexibility index (Phi) is 4.79. The SMILES string of the molecule is Cc1cccc(OCCn2c(Cc3ccc(N)cc3)nc3ccccc32)c1. The number of benzene rings is 3. The molecule has 0 aliphatic heterocycles. The van der Waals surface area contributed by atoms with Gasteiger partial charge in [0, 0.05) is 12.1 Å². The number of aryl methyl sites for hydroxylation is 1. The lowest BCUT2D eigenvalue weighted by atomic mass is 10.1.